The van der Waals surface area contributed by atoms with Crippen molar-refractivity contribution in [3.8, 4) is 28.4 Å². The summed E-state index contributed by atoms with van der Waals surface area (Å²) in [5.41, 5.74) is 10.6. The molecule has 0 spiro atoms. The van der Waals surface area contributed by atoms with Crippen LogP contribution in [0.2, 0.25) is 0 Å². The third-order valence-electron chi connectivity index (χ3n) is 6.12. The van der Waals surface area contributed by atoms with Gasteiger partial charge in [-0.2, -0.15) is 0 Å². The molecule has 0 aliphatic carbocycles. The third kappa shape index (κ3) is 7.21. The molecule has 0 bridgehead atoms. The van der Waals surface area contributed by atoms with E-state index in [4.69, 9.17) is 19.9 Å². The summed E-state index contributed by atoms with van der Waals surface area (Å²) in [5, 5.41) is 5.50. The van der Waals surface area contributed by atoms with Gasteiger partial charge in [0.2, 0.25) is 11.7 Å². The van der Waals surface area contributed by atoms with E-state index in [1.165, 1.54) is 33.5 Å². The molecule has 41 heavy (non-hydrogen) atoms. The number of anilines is 1. The maximum Gasteiger partial charge on any atom is 0.258 e. The summed E-state index contributed by atoms with van der Waals surface area (Å²) in [7, 11) is 4.40. The number of aliphatic imine (C=N–C) groups is 1. The number of ether oxygens (including phenoxy) is 3. The highest BCUT2D eigenvalue weighted by Crippen LogP contribution is 2.38. The molecule has 0 aromatic heterocycles. The number of carbonyl (C=O) groups is 2. The highest BCUT2D eigenvalue weighted by atomic mass is 16.5. The van der Waals surface area contributed by atoms with Crippen molar-refractivity contribution in [1.82, 2.24) is 5.32 Å². The van der Waals surface area contributed by atoms with E-state index in [0.29, 0.717) is 34.2 Å². The Morgan fingerprint density at radius 2 is 1.39 bits per heavy atom. The molecular weight excluding hydrogens is 520 g/mol. The number of guanidine groups is 1. The molecule has 4 N–H and O–H groups in total. The number of hydrogen-bond acceptors (Lipinski definition) is 6. The zero-order valence-corrected chi connectivity index (χ0v) is 22.6. The molecule has 4 aromatic rings. The first kappa shape index (κ1) is 30.2. The summed E-state index contributed by atoms with van der Waals surface area (Å²) in [6.07, 6.45) is 0. The zero-order valence-electron chi connectivity index (χ0n) is 22.6. The van der Waals surface area contributed by atoms with Gasteiger partial charge in [0.05, 0.1) is 27.0 Å². The van der Waals surface area contributed by atoms with E-state index < -0.39 is 5.91 Å². The van der Waals surface area contributed by atoms with Crippen molar-refractivity contribution in [1.29, 1.82) is 0 Å². The van der Waals surface area contributed by atoms with Crippen LogP contribution in [-0.4, -0.2) is 39.1 Å². The minimum atomic E-state index is -0.514. The second-order valence-corrected chi connectivity index (χ2v) is 8.77. The Kier molecular flexibility index (Phi) is 10.1. The summed E-state index contributed by atoms with van der Waals surface area (Å²) in [6.45, 7) is 1.87. The fourth-order valence-electron chi connectivity index (χ4n) is 4.05. The van der Waals surface area contributed by atoms with Crippen LogP contribution in [0.5, 0.6) is 17.2 Å². The molecular formula is C32H34N4O5. The number of nitrogens with two attached hydrogens (primary N) is 1. The molecule has 9 heteroatoms. The van der Waals surface area contributed by atoms with Crippen molar-refractivity contribution in [3.05, 3.63) is 102 Å². The molecule has 0 unspecified atom stereocenters. The van der Waals surface area contributed by atoms with Crippen LogP contribution in [0.3, 0.4) is 0 Å². The van der Waals surface area contributed by atoms with Crippen molar-refractivity contribution < 1.29 is 23.8 Å². The molecule has 212 valence electrons. The van der Waals surface area contributed by atoms with Gasteiger partial charge < -0.3 is 25.3 Å². The molecule has 0 fully saturated rings. The number of nitrogens with zero attached hydrogens (tertiary/aromatic N) is 1. The van der Waals surface area contributed by atoms with Crippen molar-refractivity contribution in [2.24, 2.45) is 10.7 Å². The van der Waals surface area contributed by atoms with Crippen molar-refractivity contribution in [2.75, 3.05) is 26.6 Å². The Morgan fingerprint density at radius 1 is 0.732 bits per heavy atom. The van der Waals surface area contributed by atoms with E-state index in [1.54, 1.807) is 18.2 Å². The summed E-state index contributed by atoms with van der Waals surface area (Å²) in [4.78, 5) is 30.2. The number of amides is 2. The first-order chi connectivity index (χ1) is 19.3. The van der Waals surface area contributed by atoms with Crippen LogP contribution in [0.1, 0.15) is 33.7 Å². The smallest absolute Gasteiger partial charge is 0.258 e. The summed E-state index contributed by atoms with van der Waals surface area (Å²) >= 11 is 0. The first-order valence-corrected chi connectivity index (χ1v) is 12.4. The molecule has 0 saturated carbocycles. The van der Waals surface area contributed by atoms with Gasteiger partial charge in [0.15, 0.2) is 11.5 Å². The van der Waals surface area contributed by atoms with Crippen LogP contribution < -0.4 is 30.6 Å². The van der Waals surface area contributed by atoms with Crippen LogP contribution in [0, 0.1) is 6.92 Å². The molecule has 2 amide bonds. The number of methoxy groups -OCH3 is 3. The molecule has 4 rings (SSSR count). The molecule has 9 nitrogen and oxygen atoms in total. The average molecular weight is 555 g/mol. The van der Waals surface area contributed by atoms with Gasteiger partial charge in [-0.15, -0.1) is 0 Å². The molecule has 0 radical (unpaired) electrons. The van der Waals surface area contributed by atoms with Gasteiger partial charge in [-0.05, 0) is 60.0 Å². The van der Waals surface area contributed by atoms with Gasteiger partial charge in [0.1, 0.15) is 0 Å². The van der Waals surface area contributed by atoms with Crippen molar-refractivity contribution in [2.45, 2.75) is 14.4 Å². The van der Waals surface area contributed by atoms with Crippen LogP contribution in [-0.2, 0) is 0 Å². The van der Waals surface area contributed by atoms with Crippen molar-refractivity contribution in [3.63, 3.8) is 0 Å². The molecule has 0 atom stereocenters. The summed E-state index contributed by atoms with van der Waals surface area (Å²) in [5.74, 6) is 0.122. The monoisotopic (exact) mass is 554 g/mol. The lowest BCUT2D eigenvalue weighted by atomic mass is 10.0. The number of rotatable bonds is 8. The van der Waals surface area contributed by atoms with Gasteiger partial charge in [0.25, 0.3) is 11.8 Å². The van der Waals surface area contributed by atoms with Crippen LogP contribution in [0.15, 0.2) is 89.9 Å². The second kappa shape index (κ2) is 13.7. The highest BCUT2D eigenvalue weighted by molar-refractivity contribution is 6.07. The van der Waals surface area contributed by atoms with E-state index >= 15 is 0 Å². The standard InChI is InChI=1S/C31H30N4O5.CH4/c1-19-13-14-24(33-31(32)35-30(37)23-16-26(38-2)28(40-4)27(17-23)39-3)18-25(19)34-29(36)22-12-8-11-21(15-22)20-9-6-5-7-10-20;/h5-18H,1-4H3,(H,34,36)(H3,32,33,35,37);1H4. The van der Waals surface area contributed by atoms with Crippen LogP contribution in [0.4, 0.5) is 11.4 Å². The number of hydrogen-bond donors (Lipinski definition) is 3. The number of benzene rings is 4. The summed E-state index contributed by atoms with van der Waals surface area (Å²) < 4.78 is 15.9. The van der Waals surface area contributed by atoms with E-state index in [-0.39, 0.29) is 24.9 Å². The van der Waals surface area contributed by atoms with E-state index in [1.807, 2.05) is 61.5 Å². The summed E-state index contributed by atoms with van der Waals surface area (Å²) in [6, 6.07) is 25.5. The Balaban J connectivity index is 0.00000462. The first-order valence-electron chi connectivity index (χ1n) is 12.4. The Bertz CT molecular complexity index is 1540. The predicted molar refractivity (Wildman–Crippen MR) is 163 cm³/mol. The SMILES string of the molecule is C.COc1cc(C(=O)NC(N)=Nc2ccc(C)c(NC(=O)c3cccc(-c4ccccc4)c3)c2)cc(OC)c1OC. The maximum atomic E-state index is 13.1. The van der Waals surface area contributed by atoms with E-state index in [2.05, 4.69) is 15.6 Å². The minimum absolute atomic E-state index is 0. The topological polar surface area (TPSA) is 124 Å². The minimum Gasteiger partial charge on any atom is -0.493 e. The average Bonchev–Trinajstić information content (AvgIpc) is 2.98. The molecule has 0 aliphatic heterocycles. The largest absolute Gasteiger partial charge is 0.493 e. The van der Waals surface area contributed by atoms with Gasteiger partial charge >= 0.3 is 0 Å². The maximum absolute atomic E-state index is 13.1. The van der Waals surface area contributed by atoms with Gasteiger partial charge in [-0.3, -0.25) is 14.9 Å². The van der Waals surface area contributed by atoms with Gasteiger partial charge in [-0.1, -0.05) is 56.0 Å². The lowest BCUT2D eigenvalue weighted by Crippen LogP contribution is -2.36. The highest BCUT2D eigenvalue weighted by Gasteiger charge is 2.18. The van der Waals surface area contributed by atoms with Gasteiger partial charge in [0, 0.05) is 16.8 Å². The van der Waals surface area contributed by atoms with E-state index in [9.17, 15) is 9.59 Å². The van der Waals surface area contributed by atoms with Crippen molar-refractivity contribution >= 4 is 29.1 Å². The van der Waals surface area contributed by atoms with Crippen LogP contribution >= 0.6 is 0 Å². The molecule has 4 aromatic carbocycles. The van der Waals surface area contributed by atoms with Crippen LogP contribution in [0.25, 0.3) is 11.1 Å². The lowest BCUT2D eigenvalue weighted by Gasteiger charge is -2.14. The normalized spacial score (nSPS) is 10.7. The number of carbonyl (C=O) groups excluding carboxylic acids is 2. The molecule has 0 saturated heterocycles. The Labute approximate surface area is 240 Å². The fraction of sp³-hybridized carbons (Fsp3) is 0.156. The third-order valence-corrected chi connectivity index (χ3v) is 6.12. The Hall–Kier alpha value is -5.31. The quantitative estimate of drug-likeness (QED) is 0.183. The number of aryl methyl sites for hydroxylation is 1. The zero-order chi connectivity index (χ0) is 28.6. The number of nitrogens with one attached hydrogen (secondary N) is 2. The molecule has 0 heterocycles. The van der Waals surface area contributed by atoms with E-state index in [0.717, 1.165) is 16.7 Å². The molecule has 0 aliphatic rings. The fourth-order valence-corrected chi connectivity index (χ4v) is 4.05. The predicted octanol–water partition coefficient (Wildman–Crippen LogP) is 5.95. The Morgan fingerprint density at radius 3 is 2.02 bits per heavy atom. The second-order valence-electron chi connectivity index (χ2n) is 8.77. The van der Waals surface area contributed by atoms with Gasteiger partial charge in [-0.25, -0.2) is 4.99 Å². The lowest BCUT2D eigenvalue weighted by molar-refractivity contribution is 0.0974.